The Morgan fingerprint density at radius 3 is 2.62 bits per heavy atom. The van der Waals surface area contributed by atoms with Crippen LogP contribution in [0.2, 0.25) is 0 Å². The molecular formula is C22H28FN3. The summed E-state index contributed by atoms with van der Waals surface area (Å²) in [5.41, 5.74) is 3.62. The first-order valence-corrected chi connectivity index (χ1v) is 9.61. The van der Waals surface area contributed by atoms with Crippen LogP contribution in [0.4, 0.5) is 10.1 Å². The molecule has 138 valence electrons. The van der Waals surface area contributed by atoms with Crippen molar-refractivity contribution in [2.24, 2.45) is 5.92 Å². The molecule has 26 heavy (non-hydrogen) atoms. The number of pyridine rings is 1. The van der Waals surface area contributed by atoms with Crippen LogP contribution in [-0.4, -0.2) is 34.6 Å². The Hall–Kier alpha value is -1.94. The van der Waals surface area contributed by atoms with Gasteiger partial charge in [0, 0.05) is 43.1 Å². The van der Waals surface area contributed by atoms with Crippen LogP contribution in [0.15, 0.2) is 42.6 Å². The van der Waals surface area contributed by atoms with E-state index in [1.807, 2.05) is 18.3 Å². The Labute approximate surface area is 155 Å². The third kappa shape index (κ3) is 3.35. The molecule has 2 aliphatic heterocycles. The van der Waals surface area contributed by atoms with Gasteiger partial charge < -0.3 is 4.90 Å². The molecule has 2 atom stereocenters. The Morgan fingerprint density at radius 1 is 1.15 bits per heavy atom. The number of aromatic nitrogens is 1. The molecule has 0 amide bonds. The fourth-order valence-electron chi connectivity index (χ4n) is 4.93. The molecule has 0 aliphatic carbocycles. The van der Waals surface area contributed by atoms with E-state index < -0.39 is 0 Å². The van der Waals surface area contributed by atoms with E-state index in [0.717, 1.165) is 37.4 Å². The summed E-state index contributed by atoms with van der Waals surface area (Å²) in [6, 6.07) is 11.9. The van der Waals surface area contributed by atoms with Gasteiger partial charge in [-0.25, -0.2) is 4.39 Å². The standard InChI is InChI=1S/C22H28FN3/c1-16-4-7-19(24-13-16)15-25-11-10-21-17(14-25)12-22(2,3)26(21)20-8-5-18(23)6-9-20/h4-9,13,17,21H,10-12,14-15H2,1-3H3/t17-,21+/m1/s1. The normalized spacial score (nSPS) is 25.3. The van der Waals surface area contributed by atoms with Crippen LogP contribution in [-0.2, 0) is 6.54 Å². The number of aryl methyl sites for hydroxylation is 1. The molecule has 0 radical (unpaired) electrons. The minimum absolute atomic E-state index is 0.102. The lowest BCUT2D eigenvalue weighted by Gasteiger charge is -2.41. The summed E-state index contributed by atoms with van der Waals surface area (Å²) in [5.74, 6) is 0.483. The second-order valence-electron chi connectivity index (χ2n) is 8.54. The fraction of sp³-hybridized carbons (Fsp3) is 0.500. The van der Waals surface area contributed by atoms with Gasteiger partial charge in [-0.2, -0.15) is 0 Å². The molecule has 0 saturated carbocycles. The van der Waals surface area contributed by atoms with E-state index in [0.29, 0.717) is 12.0 Å². The van der Waals surface area contributed by atoms with Gasteiger partial charge in [-0.05, 0) is 75.4 Å². The third-order valence-corrected chi connectivity index (χ3v) is 5.99. The minimum Gasteiger partial charge on any atom is -0.363 e. The summed E-state index contributed by atoms with van der Waals surface area (Å²) in [4.78, 5) is 9.65. The maximum Gasteiger partial charge on any atom is 0.123 e. The van der Waals surface area contributed by atoms with E-state index in [1.54, 1.807) is 12.1 Å². The minimum atomic E-state index is -0.164. The monoisotopic (exact) mass is 353 g/mol. The van der Waals surface area contributed by atoms with Gasteiger partial charge in [0.05, 0.1) is 5.69 Å². The number of benzene rings is 1. The van der Waals surface area contributed by atoms with Gasteiger partial charge in [0.25, 0.3) is 0 Å². The van der Waals surface area contributed by atoms with Crippen LogP contribution in [0.5, 0.6) is 0 Å². The number of nitrogens with zero attached hydrogens (tertiary/aromatic N) is 3. The van der Waals surface area contributed by atoms with Crippen LogP contribution in [0, 0.1) is 18.7 Å². The predicted octanol–water partition coefficient (Wildman–Crippen LogP) is 4.41. The maximum absolute atomic E-state index is 13.4. The Kier molecular flexibility index (Phi) is 4.47. The zero-order valence-electron chi connectivity index (χ0n) is 16.0. The molecule has 0 bridgehead atoms. The third-order valence-electron chi connectivity index (χ3n) is 5.99. The maximum atomic E-state index is 13.4. The fourth-order valence-corrected chi connectivity index (χ4v) is 4.93. The van der Waals surface area contributed by atoms with E-state index in [9.17, 15) is 4.39 Å². The van der Waals surface area contributed by atoms with Crippen molar-refractivity contribution < 1.29 is 4.39 Å². The average Bonchev–Trinajstić information content (AvgIpc) is 2.87. The molecule has 3 nitrogen and oxygen atoms in total. The summed E-state index contributed by atoms with van der Waals surface area (Å²) in [6.45, 7) is 9.85. The molecule has 0 N–H and O–H groups in total. The zero-order chi connectivity index (χ0) is 18.3. The smallest absolute Gasteiger partial charge is 0.123 e. The van der Waals surface area contributed by atoms with E-state index in [4.69, 9.17) is 0 Å². The van der Waals surface area contributed by atoms with E-state index in [-0.39, 0.29) is 11.4 Å². The Balaban J connectivity index is 1.49. The van der Waals surface area contributed by atoms with Gasteiger partial charge in [-0.1, -0.05) is 6.07 Å². The average molecular weight is 353 g/mol. The number of anilines is 1. The van der Waals surface area contributed by atoms with Crippen molar-refractivity contribution in [3.8, 4) is 0 Å². The number of hydrogen-bond acceptors (Lipinski definition) is 3. The van der Waals surface area contributed by atoms with Gasteiger partial charge >= 0.3 is 0 Å². The van der Waals surface area contributed by atoms with E-state index in [1.165, 1.54) is 12.0 Å². The quantitative estimate of drug-likeness (QED) is 0.815. The molecule has 2 aromatic rings. The second kappa shape index (κ2) is 6.66. The van der Waals surface area contributed by atoms with Crippen molar-refractivity contribution in [1.29, 1.82) is 0 Å². The highest BCUT2D eigenvalue weighted by Gasteiger charge is 2.47. The molecule has 0 spiro atoms. The lowest BCUT2D eigenvalue weighted by molar-refractivity contribution is 0.159. The number of likely N-dealkylation sites (tertiary alicyclic amines) is 1. The highest BCUT2D eigenvalue weighted by atomic mass is 19.1. The van der Waals surface area contributed by atoms with Crippen molar-refractivity contribution in [3.05, 3.63) is 59.7 Å². The van der Waals surface area contributed by atoms with Crippen molar-refractivity contribution in [2.45, 2.75) is 51.7 Å². The topological polar surface area (TPSA) is 19.4 Å². The molecular weight excluding hydrogens is 325 g/mol. The number of halogens is 1. The van der Waals surface area contributed by atoms with Crippen molar-refractivity contribution in [2.75, 3.05) is 18.0 Å². The summed E-state index contributed by atoms with van der Waals surface area (Å²) in [6.07, 6.45) is 4.28. The molecule has 4 heteroatoms. The van der Waals surface area contributed by atoms with Gasteiger partial charge in [0.1, 0.15) is 5.82 Å². The van der Waals surface area contributed by atoms with Gasteiger partial charge in [0.2, 0.25) is 0 Å². The molecule has 2 saturated heterocycles. The van der Waals surface area contributed by atoms with Crippen LogP contribution >= 0.6 is 0 Å². The highest BCUT2D eigenvalue weighted by Crippen LogP contribution is 2.44. The first-order chi connectivity index (χ1) is 12.4. The van der Waals surface area contributed by atoms with Crippen LogP contribution in [0.3, 0.4) is 0 Å². The van der Waals surface area contributed by atoms with Crippen molar-refractivity contribution >= 4 is 5.69 Å². The van der Waals surface area contributed by atoms with E-state index >= 15 is 0 Å². The van der Waals surface area contributed by atoms with Gasteiger partial charge in [0.15, 0.2) is 0 Å². The molecule has 2 aliphatic rings. The Morgan fingerprint density at radius 2 is 1.92 bits per heavy atom. The van der Waals surface area contributed by atoms with Crippen LogP contribution < -0.4 is 4.90 Å². The summed E-state index contributed by atoms with van der Waals surface area (Å²) in [5, 5.41) is 0. The Bertz CT molecular complexity index is 754. The number of rotatable bonds is 3. The number of hydrogen-bond donors (Lipinski definition) is 0. The van der Waals surface area contributed by atoms with Crippen LogP contribution in [0.25, 0.3) is 0 Å². The largest absolute Gasteiger partial charge is 0.363 e. The van der Waals surface area contributed by atoms with Crippen molar-refractivity contribution in [1.82, 2.24) is 9.88 Å². The van der Waals surface area contributed by atoms with E-state index in [2.05, 4.69) is 47.7 Å². The summed E-state index contributed by atoms with van der Waals surface area (Å²) >= 11 is 0. The summed E-state index contributed by atoms with van der Waals surface area (Å²) in [7, 11) is 0. The molecule has 4 rings (SSSR count). The first kappa shape index (κ1) is 17.5. The van der Waals surface area contributed by atoms with Crippen molar-refractivity contribution in [3.63, 3.8) is 0 Å². The molecule has 3 heterocycles. The lowest BCUT2D eigenvalue weighted by Crippen LogP contribution is -2.48. The zero-order valence-corrected chi connectivity index (χ0v) is 16.0. The molecule has 0 unspecified atom stereocenters. The first-order valence-electron chi connectivity index (χ1n) is 9.61. The van der Waals surface area contributed by atoms with Crippen LogP contribution in [0.1, 0.15) is 37.9 Å². The SMILES string of the molecule is Cc1ccc(CN2CC[C@H]3[C@@H](C2)CC(C)(C)N3c2ccc(F)cc2)nc1. The lowest BCUT2D eigenvalue weighted by atomic mass is 9.89. The highest BCUT2D eigenvalue weighted by molar-refractivity contribution is 5.52. The number of fused-ring (bicyclic) bond motifs is 1. The summed E-state index contributed by atoms with van der Waals surface area (Å²) < 4.78 is 13.4. The predicted molar refractivity (Wildman–Crippen MR) is 104 cm³/mol. The second-order valence-corrected chi connectivity index (χ2v) is 8.54. The molecule has 2 fully saturated rings. The number of piperidine rings is 1. The molecule has 1 aromatic heterocycles. The van der Waals surface area contributed by atoms with Gasteiger partial charge in [-0.15, -0.1) is 0 Å². The van der Waals surface area contributed by atoms with Gasteiger partial charge in [-0.3, -0.25) is 9.88 Å². The molecule has 1 aromatic carbocycles.